The molecule has 0 amide bonds. The summed E-state index contributed by atoms with van der Waals surface area (Å²) >= 11 is 0. The van der Waals surface area contributed by atoms with E-state index in [0.717, 1.165) is 0 Å². The van der Waals surface area contributed by atoms with Gasteiger partial charge in [-0.1, -0.05) is 0 Å². The van der Waals surface area contributed by atoms with E-state index in [-0.39, 0.29) is 34.2 Å². The Morgan fingerprint density at radius 3 is 1.14 bits per heavy atom. The smallest absolute Gasteiger partial charge is 0.163 e. The number of fused-ring (bicyclic) bond motifs is 2. The Morgan fingerprint density at radius 1 is 0.556 bits per heavy atom. The molecule has 0 atom stereocenters. The van der Waals surface area contributed by atoms with Crippen LogP contribution in [0, 0.1) is 0 Å². The van der Waals surface area contributed by atoms with Gasteiger partial charge in [0.2, 0.25) is 0 Å². The van der Waals surface area contributed by atoms with Crippen LogP contribution in [0.25, 0.3) is 32.7 Å². The molecule has 2 N–H and O–H groups in total. The molecule has 0 saturated carbocycles. The van der Waals surface area contributed by atoms with Crippen LogP contribution < -0.4 is 18.9 Å². The molecule has 4 rings (SSSR count). The molecule has 0 aliphatic rings. The molecule has 8 nitrogen and oxygen atoms in total. The average molecular weight is 491 g/mol. The van der Waals surface area contributed by atoms with Gasteiger partial charge in [-0.05, 0) is 61.4 Å². The van der Waals surface area contributed by atoms with Crippen molar-refractivity contribution in [3.05, 3.63) is 47.5 Å². The molecular formula is C28H26O8. The molecular weight excluding hydrogens is 464 g/mol. The topological polar surface area (TPSA) is 112 Å². The van der Waals surface area contributed by atoms with E-state index in [2.05, 4.69) is 0 Å². The molecule has 0 radical (unpaired) electrons. The van der Waals surface area contributed by atoms with Crippen molar-refractivity contribution >= 4 is 33.1 Å². The van der Waals surface area contributed by atoms with Crippen LogP contribution in [0.5, 0.6) is 34.5 Å². The lowest BCUT2D eigenvalue weighted by Gasteiger charge is -2.18. The number of phenolic OH excluding ortho intramolecular Hbond substituents is 2. The number of ether oxygens (including phenoxy) is 4. The lowest BCUT2D eigenvalue weighted by molar-refractivity contribution is 0.100. The minimum absolute atomic E-state index is 0.114. The van der Waals surface area contributed by atoms with Gasteiger partial charge in [-0.2, -0.15) is 0 Å². The maximum atomic E-state index is 12.2. The summed E-state index contributed by atoms with van der Waals surface area (Å²) in [5, 5.41) is 23.6. The van der Waals surface area contributed by atoms with Crippen molar-refractivity contribution in [1.29, 1.82) is 0 Å². The van der Waals surface area contributed by atoms with Crippen molar-refractivity contribution in [2.75, 3.05) is 28.4 Å². The summed E-state index contributed by atoms with van der Waals surface area (Å²) in [4.78, 5) is 24.3. The number of ketones is 2. The fourth-order valence-corrected chi connectivity index (χ4v) is 4.46. The van der Waals surface area contributed by atoms with Crippen molar-refractivity contribution in [1.82, 2.24) is 0 Å². The van der Waals surface area contributed by atoms with Crippen molar-refractivity contribution < 1.29 is 38.7 Å². The molecule has 0 fully saturated rings. The van der Waals surface area contributed by atoms with Gasteiger partial charge in [-0.15, -0.1) is 0 Å². The monoisotopic (exact) mass is 490 g/mol. The van der Waals surface area contributed by atoms with Gasteiger partial charge in [0.1, 0.15) is 34.5 Å². The molecule has 36 heavy (non-hydrogen) atoms. The Morgan fingerprint density at radius 2 is 0.861 bits per heavy atom. The van der Waals surface area contributed by atoms with Crippen LogP contribution in [0.4, 0.5) is 0 Å². The van der Waals surface area contributed by atoms with E-state index in [4.69, 9.17) is 18.9 Å². The minimum Gasteiger partial charge on any atom is -0.507 e. The fraction of sp³-hybridized carbons (Fsp3) is 0.214. The van der Waals surface area contributed by atoms with Crippen LogP contribution >= 0.6 is 0 Å². The van der Waals surface area contributed by atoms with Crippen LogP contribution in [0.1, 0.15) is 34.6 Å². The Labute approximate surface area is 207 Å². The van der Waals surface area contributed by atoms with Gasteiger partial charge < -0.3 is 29.2 Å². The molecule has 0 aliphatic carbocycles. The number of Topliss-reactive ketones (excluding diaryl/α,β-unsaturated/α-hetero) is 2. The van der Waals surface area contributed by atoms with Gasteiger partial charge in [0, 0.05) is 10.8 Å². The molecule has 0 unspecified atom stereocenters. The first-order valence-corrected chi connectivity index (χ1v) is 11.0. The van der Waals surface area contributed by atoms with Crippen LogP contribution in [-0.2, 0) is 0 Å². The quantitative estimate of drug-likeness (QED) is 0.326. The van der Waals surface area contributed by atoms with Crippen LogP contribution in [-0.4, -0.2) is 50.2 Å². The van der Waals surface area contributed by atoms with E-state index in [1.165, 1.54) is 54.4 Å². The Kier molecular flexibility index (Phi) is 6.37. The van der Waals surface area contributed by atoms with Crippen LogP contribution in [0.15, 0.2) is 36.4 Å². The zero-order valence-corrected chi connectivity index (χ0v) is 20.8. The predicted octanol–water partition coefficient (Wildman–Crippen LogP) is 5.51. The van der Waals surface area contributed by atoms with Gasteiger partial charge in [-0.25, -0.2) is 0 Å². The number of carbonyl (C=O) groups is 2. The normalized spacial score (nSPS) is 10.9. The summed E-state index contributed by atoms with van der Waals surface area (Å²) in [7, 11) is 5.93. The summed E-state index contributed by atoms with van der Waals surface area (Å²) in [5.74, 6) is 0.522. The summed E-state index contributed by atoms with van der Waals surface area (Å²) in [6.07, 6.45) is 0. The fourth-order valence-electron chi connectivity index (χ4n) is 4.46. The third-order valence-corrected chi connectivity index (χ3v) is 6.24. The zero-order valence-electron chi connectivity index (χ0n) is 20.8. The number of aromatic hydroxyl groups is 2. The first-order valence-electron chi connectivity index (χ1n) is 11.0. The van der Waals surface area contributed by atoms with E-state index < -0.39 is 0 Å². The first kappa shape index (κ1) is 24.7. The number of methoxy groups -OCH3 is 4. The molecule has 0 saturated heterocycles. The maximum absolute atomic E-state index is 12.2. The summed E-state index contributed by atoms with van der Waals surface area (Å²) in [6, 6.07) is 9.87. The van der Waals surface area contributed by atoms with Crippen LogP contribution in [0.2, 0.25) is 0 Å². The molecule has 0 aliphatic heterocycles. The maximum Gasteiger partial charge on any atom is 0.163 e. The zero-order chi connectivity index (χ0) is 26.3. The molecule has 0 aromatic heterocycles. The average Bonchev–Trinajstić information content (AvgIpc) is 2.87. The molecule has 0 bridgehead atoms. The standard InChI is InChI=1S/C28H26O8/c1-13(29)17-11-23(35-5)25-19(27(17)31)7-15(9-21(25)33-3)16-8-20-26(22(10-16)34-4)24(36-6)12-18(14(2)30)28(20)32/h7-12,31-32H,1-6H3. The molecule has 0 spiro atoms. The number of rotatable bonds is 7. The third kappa shape index (κ3) is 3.80. The Balaban J connectivity index is 2.13. The second-order valence-corrected chi connectivity index (χ2v) is 8.26. The lowest BCUT2D eigenvalue weighted by atomic mass is 9.93. The molecule has 4 aromatic carbocycles. The largest absolute Gasteiger partial charge is 0.507 e. The van der Waals surface area contributed by atoms with E-state index in [1.54, 1.807) is 24.3 Å². The predicted molar refractivity (Wildman–Crippen MR) is 136 cm³/mol. The second kappa shape index (κ2) is 9.30. The van der Waals surface area contributed by atoms with Gasteiger partial charge in [-0.3, -0.25) is 9.59 Å². The van der Waals surface area contributed by atoms with Crippen LogP contribution in [0.3, 0.4) is 0 Å². The first-order chi connectivity index (χ1) is 17.2. The van der Waals surface area contributed by atoms with E-state index in [9.17, 15) is 19.8 Å². The summed E-state index contributed by atoms with van der Waals surface area (Å²) in [5.41, 5.74) is 1.43. The highest BCUT2D eigenvalue weighted by molar-refractivity contribution is 6.11. The molecule has 186 valence electrons. The van der Waals surface area contributed by atoms with Crippen molar-refractivity contribution in [2.45, 2.75) is 13.8 Å². The summed E-state index contributed by atoms with van der Waals surface area (Å²) < 4.78 is 22.2. The minimum atomic E-state index is -0.321. The second-order valence-electron chi connectivity index (χ2n) is 8.26. The molecule has 8 heteroatoms. The van der Waals surface area contributed by atoms with E-state index in [0.29, 0.717) is 55.7 Å². The number of phenols is 2. The van der Waals surface area contributed by atoms with Crippen molar-refractivity contribution in [3.63, 3.8) is 0 Å². The van der Waals surface area contributed by atoms with Gasteiger partial charge in [0.05, 0.1) is 50.3 Å². The van der Waals surface area contributed by atoms with Crippen molar-refractivity contribution in [2.24, 2.45) is 0 Å². The number of hydrogen-bond acceptors (Lipinski definition) is 8. The highest BCUT2D eigenvalue weighted by atomic mass is 16.5. The third-order valence-electron chi connectivity index (χ3n) is 6.24. The van der Waals surface area contributed by atoms with Gasteiger partial charge in [0.15, 0.2) is 11.6 Å². The Hall–Kier alpha value is -4.46. The summed E-state index contributed by atoms with van der Waals surface area (Å²) in [6.45, 7) is 2.72. The highest BCUT2D eigenvalue weighted by Crippen LogP contribution is 2.47. The van der Waals surface area contributed by atoms with Gasteiger partial charge in [0.25, 0.3) is 0 Å². The highest BCUT2D eigenvalue weighted by Gasteiger charge is 2.22. The number of hydrogen-bond donors (Lipinski definition) is 2. The number of benzene rings is 4. The Bertz CT molecular complexity index is 1430. The van der Waals surface area contributed by atoms with Crippen molar-refractivity contribution in [3.8, 4) is 45.6 Å². The lowest BCUT2D eigenvalue weighted by Crippen LogP contribution is -1.99. The number of carbonyl (C=O) groups excluding carboxylic acids is 2. The van der Waals surface area contributed by atoms with E-state index in [1.807, 2.05) is 0 Å². The molecule has 4 aromatic rings. The van der Waals surface area contributed by atoms with Gasteiger partial charge >= 0.3 is 0 Å². The molecule has 0 heterocycles. The SMILES string of the molecule is COc1cc(-c2cc(OC)c3c(OC)cc(C(C)=O)c(O)c3c2)cc2c(O)c(C(C)=O)cc(OC)c12. The van der Waals surface area contributed by atoms with E-state index >= 15 is 0 Å².